The summed E-state index contributed by atoms with van der Waals surface area (Å²) in [6.07, 6.45) is 1.80. The Morgan fingerprint density at radius 2 is 1.84 bits per heavy atom. The molecule has 0 radical (unpaired) electrons. The third-order valence-electron chi connectivity index (χ3n) is 5.50. The first kappa shape index (κ1) is 19.4. The first-order valence-corrected chi connectivity index (χ1v) is 9.42. The molecule has 2 rings (SSSR count). The van der Waals surface area contributed by atoms with Crippen LogP contribution in [0.4, 0.5) is 0 Å². The Balaban J connectivity index is 2.04. The molecule has 0 saturated carbocycles. The fourth-order valence-corrected chi connectivity index (χ4v) is 3.83. The van der Waals surface area contributed by atoms with E-state index in [9.17, 15) is 14.7 Å². The molecule has 0 aliphatic carbocycles. The number of piperidine rings is 1. The standard InChI is InChI=1S/C20H30N2O3/c1-3-21(4-2)12-10-18-15-22(13-11-17(18)14-19(23)24)20(25)16-8-6-5-7-9-16/h5-9,17-18H,3-4,10-15H2,1-2H3,(H,23,24)/t17-,18-/m0/s1. The predicted molar refractivity (Wildman–Crippen MR) is 95.1 cm³/mol. The molecule has 138 valence electrons. The lowest BCUT2D eigenvalue weighted by molar-refractivity contribution is -0.897. The van der Waals surface area contributed by atoms with E-state index in [4.69, 9.17) is 0 Å². The largest absolute Gasteiger partial charge is 0.550 e. The summed E-state index contributed by atoms with van der Waals surface area (Å²) < 4.78 is 0. The van der Waals surface area contributed by atoms with Gasteiger partial charge in [-0.2, -0.15) is 0 Å². The van der Waals surface area contributed by atoms with E-state index in [1.807, 2.05) is 35.2 Å². The Labute approximate surface area is 150 Å². The van der Waals surface area contributed by atoms with Crippen LogP contribution in [0.1, 0.15) is 43.5 Å². The zero-order chi connectivity index (χ0) is 18.2. The second-order valence-electron chi connectivity index (χ2n) is 7.00. The topological polar surface area (TPSA) is 64.9 Å². The number of aliphatic carboxylic acids is 1. The van der Waals surface area contributed by atoms with Crippen LogP contribution in [0.15, 0.2) is 30.3 Å². The number of nitrogens with zero attached hydrogens (tertiary/aromatic N) is 1. The minimum Gasteiger partial charge on any atom is -0.550 e. The molecule has 1 aromatic carbocycles. The summed E-state index contributed by atoms with van der Waals surface area (Å²) in [6, 6.07) is 9.32. The van der Waals surface area contributed by atoms with Crippen molar-refractivity contribution < 1.29 is 19.6 Å². The molecule has 1 saturated heterocycles. The van der Waals surface area contributed by atoms with Crippen LogP contribution in [0.5, 0.6) is 0 Å². The van der Waals surface area contributed by atoms with E-state index in [1.165, 1.54) is 4.90 Å². The van der Waals surface area contributed by atoms with Crippen molar-refractivity contribution in [3.8, 4) is 0 Å². The van der Waals surface area contributed by atoms with E-state index in [2.05, 4.69) is 13.8 Å². The molecule has 1 fully saturated rings. The number of rotatable bonds is 8. The van der Waals surface area contributed by atoms with Crippen LogP contribution in [0.25, 0.3) is 0 Å². The summed E-state index contributed by atoms with van der Waals surface area (Å²) in [6.45, 7) is 8.77. The molecule has 2 atom stereocenters. The highest BCUT2D eigenvalue weighted by Crippen LogP contribution is 2.29. The quantitative estimate of drug-likeness (QED) is 0.732. The van der Waals surface area contributed by atoms with Crippen molar-refractivity contribution in [3.63, 3.8) is 0 Å². The lowest BCUT2D eigenvalue weighted by Gasteiger charge is -2.39. The monoisotopic (exact) mass is 346 g/mol. The van der Waals surface area contributed by atoms with Crippen molar-refractivity contribution >= 4 is 11.9 Å². The highest BCUT2D eigenvalue weighted by Gasteiger charge is 2.32. The van der Waals surface area contributed by atoms with Gasteiger partial charge < -0.3 is 19.7 Å². The molecule has 1 aliphatic rings. The molecule has 1 heterocycles. The lowest BCUT2D eigenvalue weighted by Crippen LogP contribution is -3.11. The third-order valence-corrected chi connectivity index (χ3v) is 5.50. The average molecular weight is 346 g/mol. The average Bonchev–Trinajstić information content (AvgIpc) is 2.63. The van der Waals surface area contributed by atoms with Crippen LogP contribution in [-0.2, 0) is 4.79 Å². The molecular weight excluding hydrogens is 316 g/mol. The minimum atomic E-state index is -0.979. The summed E-state index contributed by atoms with van der Waals surface area (Å²) in [7, 11) is 0. The first-order valence-electron chi connectivity index (χ1n) is 9.42. The number of benzene rings is 1. The number of quaternary nitrogens is 1. The van der Waals surface area contributed by atoms with Crippen molar-refractivity contribution in [1.29, 1.82) is 0 Å². The van der Waals surface area contributed by atoms with Gasteiger partial charge in [0.25, 0.3) is 5.91 Å². The maximum absolute atomic E-state index is 12.7. The van der Waals surface area contributed by atoms with Crippen molar-refractivity contribution in [2.45, 2.75) is 33.1 Å². The number of carbonyl (C=O) groups is 2. The second-order valence-corrected chi connectivity index (χ2v) is 7.00. The molecule has 1 aromatic rings. The van der Waals surface area contributed by atoms with E-state index in [0.29, 0.717) is 18.7 Å². The number of hydrogen-bond donors (Lipinski definition) is 1. The van der Waals surface area contributed by atoms with Gasteiger partial charge in [-0.15, -0.1) is 0 Å². The van der Waals surface area contributed by atoms with Crippen LogP contribution >= 0.6 is 0 Å². The van der Waals surface area contributed by atoms with Gasteiger partial charge in [-0.3, -0.25) is 4.79 Å². The number of carboxylic acid groups (broad SMARTS) is 1. The van der Waals surface area contributed by atoms with Gasteiger partial charge in [0.2, 0.25) is 0 Å². The molecule has 5 heteroatoms. The van der Waals surface area contributed by atoms with Crippen LogP contribution in [0, 0.1) is 11.8 Å². The molecule has 1 amide bonds. The fraction of sp³-hybridized carbons (Fsp3) is 0.600. The summed E-state index contributed by atoms with van der Waals surface area (Å²) in [5.41, 5.74) is 0.703. The molecule has 1 aliphatic heterocycles. The molecule has 25 heavy (non-hydrogen) atoms. The SMILES string of the molecule is CC[NH+](CC)CC[C@H]1CN(C(=O)c2ccccc2)CC[C@H]1CC(=O)[O-]. The van der Waals surface area contributed by atoms with E-state index in [1.54, 1.807) is 0 Å². The number of likely N-dealkylation sites (tertiary alicyclic amines) is 1. The van der Waals surface area contributed by atoms with Crippen molar-refractivity contribution in [2.75, 3.05) is 32.7 Å². The maximum Gasteiger partial charge on any atom is 0.253 e. The number of nitrogens with one attached hydrogen (secondary N) is 1. The van der Waals surface area contributed by atoms with Crippen LogP contribution < -0.4 is 10.0 Å². The van der Waals surface area contributed by atoms with Crippen LogP contribution in [-0.4, -0.2) is 49.5 Å². The van der Waals surface area contributed by atoms with E-state index in [-0.39, 0.29) is 24.2 Å². The van der Waals surface area contributed by atoms with Gasteiger partial charge >= 0.3 is 0 Å². The first-order chi connectivity index (χ1) is 12.0. The Bertz CT molecular complexity index is 557. The summed E-state index contributed by atoms with van der Waals surface area (Å²) in [5, 5.41) is 11.1. The predicted octanol–water partition coefficient (Wildman–Crippen LogP) is 0.220. The Hall–Kier alpha value is -1.88. The van der Waals surface area contributed by atoms with Gasteiger partial charge in [-0.05, 0) is 50.7 Å². The van der Waals surface area contributed by atoms with Crippen molar-refractivity contribution in [2.24, 2.45) is 11.8 Å². The number of carbonyl (C=O) groups excluding carboxylic acids is 2. The van der Waals surface area contributed by atoms with E-state index < -0.39 is 5.97 Å². The Morgan fingerprint density at radius 3 is 2.44 bits per heavy atom. The van der Waals surface area contributed by atoms with Gasteiger partial charge in [0.1, 0.15) is 0 Å². The number of hydrogen-bond acceptors (Lipinski definition) is 3. The Kier molecular flexibility index (Phi) is 7.44. The molecule has 0 aromatic heterocycles. The third kappa shape index (κ3) is 5.56. The number of amides is 1. The molecule has 5 nitrogen and oxygen atoms in total. The van der Waals surface area contributed by atoms with Gasteiger partial charge in [-0.1, -0.05) is 18.2 Å². The normalized spacial score (nSPS) is 20.7. The van der Waals surface area contributed by atoms with Gasteiger partial charge in [-0.25, -0.2) is 0 Å². The van der Waals surface area contributed by atoms with E-state index >= 15 is 0 Å². The second kappa shape index (κ2) is 9.56. The zero-order valence-electron chi connectivity index (χ0n) is 15.4. The summed E-state index contributed by atoms with van der Waals surface area (Å²) >= 11 is 0. The van der Waals surface area contributed by atoms with Gasteiger partial charge in [0, 0.05) is 31.0 Å². The summed E-state index contributed by atoms with van der Waals surface area (Å²) in [4.78, 5) is 27.2. The highest BCUT2D eigenvalue weighted by molar-refractivity contribution is 5.94. The molecular formula is C20H30N2O3. The summed E-state index contributed by atoms with van der Waals surface area (Å²) in [5.74, 6) is -0.590. The van der Waals surface area contributed by atoms with Crippen molar-refractivity contribution in [1.82, 2.24) is 4.90 Å². The smallest absolute Gasteiger partial charge is 0.253 e. The molecule has 0 spiro atoms. The molecule has 0 unspecified atom stereocenters. The molecule has 1 N–H and O–H groups in total. The maximum atomic E-state index is 12.7. The van der Waals surface area contributed by atoms with Crippen LogP contribution in [0.3, 0.4) is 0 Å². The van der Waals surface area contributed by atoms with Gasteiger partial charge in [0.05, 0.1) is 19.6 Å². The van der Waals surface area contributed by atoms with E-state index in [0.717, 1.165) is 32.5 Å². The molecule has 0 bridgehead atoms. The van der Waals surface area contributed by atoms with Crippen molar-refractivity contribution in [3.05, 3.63) is 35.9 Å². The van der Waals surface area contributed by atoms with Crippen LogP contribution in [0.2, 0.25) is 0 Å². The Morgan fingerprint density at radius 1 is 1.16 bits per heavy atom. The lowest BCUT2D eigenvalue weighted by atomic mass is 9.81. The van der Waals surface area contributed by atoms with Gasteiger partial charge in [0.15, 0.2) is 0 Å². The number of carboxylic acids is 1. The minimum absolute atomic E-state index is 0.0488. The zero-order valence-corrected chi connectivity index (χ0v) is 15.4. The highest BCUT2D eigenvalue weighted by atomic mass is 16.4. The fourth-order valence-electron chi connectivity index (χ4n) is 3.83.